The number of nitrogen functional groups attached to an aromatic ring is 1. The molecule has 13 heavy (non-hydrogen) atoms. The summed E-state index contributed by atoms with van der Waals surface area (Å²) in [4.78, 5) is 6.37. The Balaban J connectivity index is 3.16. The van der Waals surface area contributed by atoms with Crippen LogP contribution in [0.3, 0.4) is 0 Å². The highest BCUT2D eigenvalue weighted by atomic mass is 35.5. The maximum atomic E-state index is 12.1. The van der Waals surface area contributed by atoms with Crippen LogP contribution in [0.15, 0.2) is 6.07 Å². The van der Waals surface area contributed by atoms with Crippen molar-refractivity contribution in [2.45, 2.75) is 6.18 Å². The van der Waals surface area contributed by atoms with Gasteiger partial charge >= 0.3 is 6.18 Å². The van der Waals surface area contributed by atoms with Crippen LogP contribution in [0, 0.1) is 0 Å². The second kappa shape index (κ2) is 3.35. The molecule has 0 bridgehead atoms. The summed E-state index contributed by atoms with van der Waals surface area (Å²) in [7, 11) is 0. The van der Waals surface area contributed by atoms with E-state index >= 15 is 0 Å². The predicted octanol–water partition coefficient (Wildman–Crippen LogP) is 1.43. The van der Waals surface area contributed by atoms with Crippen molar-refractivity contribution in [3.63, 3.8) is 0 Å². The molecule has 3 N–H and O–H groups in total. The molecule has 0 amide bonds. The van der Waals surface area contributed by atoms with Crippen molar-refractivity contribution >= 4 is 17.4 Å². The van der Waals surface area contributed by atoms with Gasteiger partial charge in [0.1, 0.15) is 5.82 Å². The lowest BCUT2D eigenvalue weighted by molar-refractivity contribution is -0.141. The van der Waals surface area contributed by atoms with Crippen LogP contribution in [0.4, 0.5) is 19.0 Å². The summed E-state index contributed by atoms with van der Waals surface area (Å²) in [6.45, 7) is 0. The molecule has 0 spiro atoms. The van der Waals surface area contributed by atoms with Crippen LogP contribution in [0.5, 0.6) is 0 Å². The number of hydrogen-bond donors (Lipinski definition) is 2. The summed E-state index contributed by atoms with van der Waals surface area (Å²) < 4.78 is 36.2. The average Bonchev–Trinajstić information content (AvgIpc) is 2.01. The Labute approximate surface area is 75.9 Å². The Morgan fingerprint density at radius 3 is 2.46 bits per heavy atom. The van der Waals surface area contributed by atoms with Gasteiger partial charge in [0.15, 0.2) is 5.69 Å². The molecule has 0 radical (unpaired) electrons. The van der Waals surface area contributed by atoms with Crippen LogP contribution < -0.4 is 11.3 Å². The molecule has 0 aliphatic rings. The Kier molecular flexibility index (Phi) is 2.58. The zero-order valence-electron chi connectivity index (χ0n) is 6.06. The van der Waals surface area contributed by atoms with Gasteiger partial charge in [-0.1, -0.05) is 0 Å². The Bertz CT molecular complexity index is 313. The SMILES string of the molecule is NNc1cc(C(F)(F)F)nc(Cl)n1. The van der Waals surface area contributed by atoms with Gasteiger partial charge in [-0.15, -0.1) is 0 Å². The highest BCUT2D eigenvalue weighted by Crippen LogP contribution is 2.29. The largest absolute Gasteiger partial charge is 0.433 e. The Morgan fingerprint density at radius 1 is 1.38 bits per heavy atom. The number of nitrogens with two attached hydrogens (primary N) is 1. The van der Waals surface area contributed by atoms with Crippen molar-refractivity contribution in [3.8, 4) is 0 Å². The molecule has 0 unspecified atom stereocenters. The van der Waals surface area contributed by atoms with E-state index in [0.29, 0.717) is 6.07 Å². The van der Waals surface area contributed by atoms with Gasteiger partial charge in [-0.3, -0.25) is 0 Å². The van der Waals surface area contributed by atoms with Crippen LogP contribution in [0.25, 0.3) is 0 Å². The Morgan fingerprint density at radius 2 is 2.00 bits per heavy atom. The minimum Gasteiger partial charge on any atom is -0.308 e. The lowest BCUT2D eigenvalue weighted by atomic mass is 10.4. The maximum Gasteiger partial charge on any atom is 0.433 e. The van der Waals surface area contributed by atoms with Crippen LogP contribution in [-0.2, 0) is 6.18 Å². The van der Waals surface area contributed by atoms with Gasteiger partial charge in [0.2, 0.25) is 5.28 Å². The second-order valence-corrected chi connectivity index (χ2v) is 2.39. The first kappa shape index (κ1) is 10.0. The number of hydrogen-bond acceptors (Lipinski definition) is 4. The van der Waals surface area contributed by atoms with E-state index in [1.807, 2.05) is 5.43 Å². The third-order valence-corrected chi connectivity index (χ3v) is 1.31. The van der Waals surface area contributed by atoms with Gasteiger partial charge < -0.3 is 5.43 Å². The third kappa shape index (κ3) is 2.43. The van der Waals surface area contributed by atoms with Gasteiger partial charge in [-0.25, -0.2) is 10.8 Å². The standard InChI is InChI=1S/C5H4ClF3N4/c6-4-11-2(5(7,8)9)1-3(12-4)13-10/h1H,10H2,(H,11,12,13). The number of nitrogens with one attached hydrogen (secondary N) is 1. The molecule has 1 heterocycles. The summed E-state index contributed by atoms with van der Waals surface area (Å²) in [5, 5.41) is -0.511. The summed E-state index contributed by atoms with van der Waals surface area (Å²) in [6, 6.07) is 0.659. The zero-order valence-corrected chi connectivity index (χ0v) is 6.82. The molecule has 0 aromatic carbocycles. The van der Waals surface area contributed by atoms with Gasteiger partial charge in [0, 0.05) is 6.07 Å². The van der Waals surface area contributed by atoms with Gasteiger partial charge in [0.05, 0.1) is 0 Å². The molecule has 8 heteroatoms. The van der Waals surface area contributed by atoms with E-state index in [-0.39, 0.29) is 5.82 Å². The van der Waals surface area contributed by atoms with Crippen LogP contribution >= 0.6 is 11.6 Å². The van der Waals surface area contributed by atoms with Crippen molar-refractivity contribution in [2.24, 2.45) is 5.84 Å². The van der Waals surface area contributed by atoms with E-state index in [2.05, 4.69) is 9.97 Å². The van der Waals surface area contributed by atoms with Gasteiger partial charge in [0.25, 0.3) is 0 Å². The molecule has 0 fully saturated rings. The smallest absolute Gasteiger partial charge is 0.308 e. The number of alkyl halides is 3. The van der Waals surface area contributed by atoms with Crippen LogP contribution in [0.1, 0.15) is 5.69 Å². The lowest BCUT2D eigenvalue weighted by Crippen LogP contribution is -2.13. The van der Waals surface area contributed by atoms with Crippen molar-refractivity contribution in [3.05, 3.63) is 17.0 Å². The second-order valence-electron chi connectivity index (χ2n) is 2.05. The number of halogens is 4. The first-order chi connectivity index (χ1) is 5.93. The number of nitrogens with zero attached hydrogens (tertiary/aromatic N) is 2. The monoisotopic (exact) mass is 212 g/mol. The van der Waals surface area contributed by atoms with E-state index < -0.39 is 17.2 Å². The molecule has 0 aliphatic carbocycles. The fraction of sp³-hybridized carbons (Fsp3) is 0.200. The molecule has 0 saturated heterocycles. The first-order valence-electron chi connectivity index (χ1n) is 3.02. The van der Waals surface area contributed by atoms with Crippen molar-refractivity contribution < 1.29 is 13.2 Å². The van der Waals surface area contributed by atoms with E-state index in [4.69, 9.17) is 17.4 Å². The zero-order chi connectivity index (χ0) is 10.1. The number of anilines is 1. The van der Waals surface area contributed by atoms with Gasteiger partial charge in [-0.05, 0) is 11.6 Å². The van der Waals surface area contributed by atoms with Crippen LogP contribution in [0.2, 0.25) is 5.28 Å². The molecular formula is C5H4ClF3N4. The Hall–Kier alpha value is -1.08. The van der Waals surface area contributed by atoms with Crippen LogP contribution in [-0.4, -0.2) is 9.97 Å². The molecule has 1 rings (SSSR count). The molecule has 0 aliphatic heterocycles. The highest BCUT2D eigenvalue weighted by Gasteiger charge is 2.33. The fourth-order valence-corrected chi connectivity index (χ4v) is 0.819. The average molecular weight is 213 g/mol. The predicted molar refractivity (Wildman–Crippen MR) is 39.9 cm³/mol. The molecule has 0 saturated carbocycles. The summed E-state index contributed by atoms with van der Waals surface area (Å²) in [5.74, 6) is 4.68. The lowest BCUT2D eigenvalue weighted by Gasteiger charge is -2.06. The van der Waals surface area contributed by atoms with Crippen molar-refractivity contribution in [2.75, 3.05) is 5.43 Å². The summed E-state index contributed by atoms with van der Waals surface area (Å²) in [6.07, 6.45) is -4.56. The maximum absolute atomic E-state index is 12.1. The first-order valence-corrected chi connectivity index (χ1v) is 3.39. The van der Waals surface area contributed by atoms with E-state index in [0.717, 1.165) is 0 Å². The molecule has 72 valence electrons. The van der Waals surface area contributed by atoms with E-state index in [9.17, 15) is 13.2 Å². The topological polar surface area (TPSA) is 63.8 Å². The molecule has 1 aromatic heterocycles. The number of hydrazine groups is 1. The quantitative estimate of drug-likeness (QED) is 0.420. The summed E-state index contributed by atoms with van der Waals surface area (Å²) >= 11 is 5.22. The fourth-order valence-electron chi connectivity index (χ4n) is 0.637. The molecule has 0 atom stereocenters. The minimum absolute atomic E-state index is 0.188. The minimum atomic E-state index is -4.56. The molecule has 1 aromatic rings. The van der Waals surface area contributed by atoms with Gasteiger partial charge in [-0.2, -0.15) is 18.2 Å². The highest BCUT2D eigenvalue weighted by molar-refractivity contribution is 6.28. The van der Waals surface area contributed by atoms with Crippen molar-refractivity contribution in [1.82, 2.24) is 9.97 Å². The van der Waals surface area contributed by atoms with Crippen molar-refractivity contribution in [1.29, 1.82) is 0 Å². The van der Waals surface area contributed by atoms with E-state index in [1.54, 1.807) is 0 Å². The normalized spacial score (nSPS) is 11.5. The molecular weight excluding hydrogens is 209 g/mol. The molecule has 4 nitrogen and oxygen atoms in total. The van der Waals surface area contributed by atoms with E-state index in [1.165, 1.54) is 0 Å². The number of aromatic nitrogens is 2. The third-order valence-electron chi connectivity index (χ3n) is 1.14. The number of rotatable bonds is 1. The summed E-state index contributed by atoms with van der Waals surface area (Å²) in [5.41, 5.74) is 0.806.